The van der Waals surface area contributed by atoms with E-state index >= 15 is 0 Å². The van der Waals surface area contributed by atoms with E-state index in [1.54, 1.807) is 12.1 Å². The van der Waals surface area contributed by atoms with Crippen LogP contribution in [0.1, 0.15) is 35.3 Å². The summed E-state index contributed by atoms with van der Waals surface area (Å²) in [5.41, 5.74) is 3.54. The van der Waals surface area contributed by atoms with Gasteiger partial charge < -0.3 is 5.11 Å². The van der Waals surface area contributed by atoms with E-state index in [9.17, 15) is 9.59 Å². The minimum Gasteiger partial charge on any atom is -0.478 e. The fraction of sp³-hybridized carbons (Fsp3) is 0.357. The number of hydrogen-bond acceptors (Lipinski definition) is 4. The van der Waals surface area contributed by atoms with E-state index in [2.05, 4.69) is 10.4 Å². The molecule has 6 heteroatoms. The number of nitrogens with zero attached hydrogens (tertiary/aromatic N) is 2. The molecule has 1 amide bonds. The van der Waals surface area contributed by atoms with Gasteiger partial charge >= 0.3 is 5.97 Å². The third-order valence-corrected chi connectivity index (χ3v) is 3.08. The third kappa shape index (κ3) is 3.89. The number of hydrogen-bond donors (Lipinski definition) is 2. The summed E-state index contributed by atoms with van der Waals surface area (Å²) < 4.78 is 0. The van der Waals surface area contributed by atoms with E-state index in [-0.39, 0.29) is 11.6 Å². The van der Waals surface area contributed by atoms with E-state index in [1.165, 1.54) is 18.7 Å². The van der Waals surface area contributed by atoms with Crippen LogP contribution in [0, 0.1) is 0 Å². The maximum atomic E-state index is 12.2. The Bertz CT molecular complexity index is 522. The van der Waals surface area contributed by atoms with Gasteiger partial charge in [0.25, 0.3) is 5.91 Å². The second kappa shape index (κ2) is 6.81. The number of nitrogens with one attached hydrogen (secondary N) is 1. The first-order valence-corrected chi connectivity index (χ1v) is 6.59. The Morgan fingerprint density at radius 2 is 2.05 bits per heavy atom. The van der Waals surface area contributed by atoms with Crippen molar-refractivity contribution in [2.24, 2.45) is 0 Å². The highest BCUT2D eigenvalue weighted by Crippen LogP contribution is 2.10. The van der Waals surface area contributed by atoms with Gasteiger partial charge in [-0.1, -0.05) is 12.5 Å². The average Bonchev–Trinajstić information content (AvgIpc) is 2.46. The summed E-state index contributed by atoms with van der Waals surface area (Å²) in [6.45, 7) is 1.66. The SMILES string of the molecule is O=C(O)/C=C/c1cccnc1C(=O)NN1CCCCC1. The fourth-order valence-corrected chi connectivity index (χ4v) is 2.11. The lowest BCUT2D eigenvalue weighted by molar-refractivity contribution is -0.131. The molecule has 1 aliphatic rings. The maximum Gasteiger partial charge on any atom is 0.328 e. The largest absolute Gasteiger partial charge is 0.478 e. The summed E-state index contributed by atoms with van der Waals surface area (Å²) in [5.74, 6) is -1.37. The number of carboxylic acids is 1. The number of carbonyl (C=O) groups is 2. The number of carbonyl (C=O) groups excluding carboxylic acids is 1. The van der Waals surface area contributed by atoms with Gasteiger partial charge in [-0.2, -0.15) is 0 Å². The number of aromatic nitrogens is 1. The Labute approximate surface area is 117 Å². The number of rotatable bonds is 4. The molecule has 0 atom stereocenters. The molecule has 106 valence electrons. The van der Waals surface area contributed by atoms with Crippen LogP contribution in [0.15, 0.2) is 24.4 Å². The standard InChI is InChI=1S/C14H17N3O3/c18-12(19)7-6-11-5-4-8-15-13(11)14(20)16-17-9-2-1-3-10-17/h4-8H,1-3,9-10H2,(H,16,20)(H,18,19)/b7-6+. The third-order valence-electron chi connectivity index (χ3n) is 3.08. The minimum atomic E-state index is -1.06. The smallest absolute Gasteiger partial charge is 0.328 e. The van der Waals surface area contributed by atoms with Crippen molar-refractivity contribution < 1.29 is 14.7 Å². The van der Waals surface area contributed by atoms with Gasteiger partial charge in [0.05, 0.1) is 0 Å². The summed E-state index contributed by atoms with van der Waals surface area (Å²) >= 11 is 0. The molecule has 0 spiro atoms. The van der Waals surface area contributed by atoms with Gasteiger partial charge in [-0.3, -0.25) is 15.2 Å². The maximum absolute atomic E-state index is 12.2. The monoisotopic (exact) mass is 275 g/mol. The van der Waals surface area contributed by atoms with Crippen LogP contribution in [-0.4, -0.2) is 40.1 Å². The van der Waals surface area contributed by atoms with Gasteiger partial charge in [-0.15, -0.1) is 0 Å². The second-order valence-electron chi connectivity index (χ2n) is 4.60. The Hall–Kier alpha value is -2.21. The van der Waals surface area contributed by atoms with Crippen molar-refractivity contribution in [1.82, 2.24) is 15.4 Å². The van der Waals surface area contributed by atoms with Gasteiger partial charge in [0.2, 0.25) is 0 Å². The number of hydrazine groups is 1. The lowest BCUT2D eigenvalue weighted by Crippen LogP contribution is -2.45. The highest BCUT2D eigenvalue weighted by atomic mass is 16.4. The second-order valence-corrected chi connectivity index (χ2v) is 4.60. The molecule has 1 aromatic heterocycles. The van der Waals surface area contributed by atoms with Crippen molar-refractivity contribution in [2.45, 2.75) is 19.3 Å². The van der Waals surface area contributed by atoms with E-state index in [0.29, 0.717) is 5.56 Å². The van der Waals surface area contributed by atoms with Crippen LogP contribution in [0.3, 0.4) is 0 Å². The van der Waals surface area contributed by atoms with Crippen LogP contribution in [-0.2, 0) is 4.79 Å². The molecule has 1 aromatic rings. The predicted molar refractivity (Wildman–Crippen MR) is 73.8 cm³/mol. The van der Waals surface area contributed by atoms with Crippen molar-refractivity contribution in [3.8, 4) is 0 Å². The molecule has 0 aromatic carbocycles. The van der Waals surface area contributed by atoms with Gasteiger partial charge in [-0.05, 0) is 25.0 Å². The molecule has 1 saturated heterocycles. The average molecular weight is 275 g/mol. The van der Waals surface area contributed by atoms with E-state index in [1.807, 2.05) is 5.01 Å². The highest BCUT2D eigenvalue weighted by molar-refractivity contribution is 5.96. The van der Waals surface area contributed by atoms with Crippen molar-refractivity contribution in [3.63, 3.8) is 0 Å². The molecular formula is C14H17N3O3. The quantitative estimate of drug-likeness (QED) is 0.810. The number of amides is 1. The Morgan fingerprint density at radius 1 is 1.30 bits per heavy atom. The number of piperidine rings is 1. The fourth-order valence-electron chi connectivity index (χ4n) is 2.11. The van der Waals surface area contributed by atoms with Gasteiger partial charge in [0.1, 0.15) is 5.69 Å². The normalized spacial score (nSPS) is 16.2. The van der Waals surface area contributed by atoms with Crippen LogP contribution in [0.5, 0.6) is 0 Å². The zero-order valence-electron chi connectivity index (χ0n) is 11.1. The predicted octanol–water partition coefficient (Wildman–Crippen LogP) is 1.31. The van der Waals surface area contributed by atoms with Crippen LogP contribution in [0.25, 0.3) is 6.08 Å². The summed E-state index contributed by atoms with van der Waals surface area (Å²) in [6, 6.07) is 3.33. The van der Waals surface area contributed by atoms with E-state index in [4.69, 9.17) is 5.11 Å². The summed E-state index contributed by atoms with van der Waals surface area (Å²) in [5, 5.41) is 10.5. The molecule has 0 saturated carbocycles. The first kappa shape index (κ1) is 14.2. The zero-order chi connectivity index (χ0) is 14.4. The molecule has 2 N–H and O–H groups in total. The molecule has 2 rings (SSSR count). The zero-order valence-corrected chi connectivity index (χ0v) is 11.1. The Balaban J connectivity index is 2.10. The lowest BCUT2D eigenvalue weighted by Gasteiger charge is -2.26. The molecule has 0 aliphatic carbocycles. The van der Waals surface area contributed by atoms with Crippen LogP contribution >= 0.6 is 0 Å². The molecular weight excluding hydrogens is 258 g/mol. The molecule has 0 radical (unpaired) electrons. The number of carboxylic acid groups (broad SMARTS) is 1. The van der Waals surface area contributed by atoms with Crippen molar-refractivity contribution in [1.29, 1.82) is 0 Å². The van der Waals surface area contributed by atoms with Gasteiger partial charge in [-0.25, -0.2) is 9.80 Å². The number of pyridine rings is 1. The van der Waals surface area contributed by atoms with Crippen molar-refractivity contribution in [2.75, 3.05) is 13.1 Å². The molecule has 20 heavy (non-hydrogen) atoms. The molecule has 2 heterocycles. The topological polar surface area (TPSA) is 82.5 Å². The van der Waals surface area contributed by atoms with E-state index in [0.717, 1.165) is 32.0 Å². The molecule has 1 aliphatic heterocycles. The highest BCUT2D eigenvalue weighted by Gasteiger charge is 2.16. The Kier molecular flexibility index (Phi) is 4.84. The summed E-state index contributed by atoms with van der Waals surface area (Å²) in [7, 11) is 0. The van der Waals surface area contributed by atoms with Gasteiger partial charge in [0.15, 0.2) is 0 Å². The summed E-state index contributed by atoms with van der Waals surface area (Å²) in [6.07, 6.45) is 7.20. The first-order chi connectivity index (χ1) is 9.66. The first-order valence-electron chi connectivity index (χ1n) is 6.59. The minimum absolute atomic E-state index is 0.232. The lowest BCUT2D eigenvalue weighted by atomic mass is 10.1. The molecule has 6 nitrogen and oxygen atoms in total. The Morgan fingerprint density at radius 3 is 2.75 bits per heavy atom. The summed E-state index contributed by atoms with van der Waals surface area (Å²) in [4.78, 5) is 26.8. The van der Waals surface area contributed by atoms with Crippen molar-refractivity contribution >= 4 is 18.0 Å². The van der Waals surface area contributed by atoms with E-state index < -0.39 is 5.97 Å². The molecule has 0 unspecified atom stereocenters. The van der Waals surface area contributed by atoms with Crippen molar-refractivity contribution in [3.05, 3.63) is 35.7 Å². The molecule has 1 fully saturated rings. The number of aliphatic carboxylic acids is 1. The van der Waals surface area contributed by atoms with Crippen LogP contribution in [0.4, 0.5) is 0 Å². The van der Waals surface area contributed by atoms with Crippen LogP contribution in [0.2, 0.25) is 0 Å². The van der Waals surface area contributed by atoms with Gasteiger partial charge in [0, 0.05) is 30.9 Å². The molecule has 0 bridgehead atoms. The van der Waals surface area contributed by atoms with Crippen LogP contribution < -0.4 is 5.43 Å².